The minimum Gasteiger partial charge on any atom is -0.497 e. The molecule has 0 radical (unpaired) electrons. The maximum Gasteiger partial charge on any atom is 0.248 e. The molecule has 0 fully saturated rings. The Kier molecular flexibility index (Phi) is 5.77. The van der Waals surface area contributed by atoms with Crippen LogP contribution in [0, 0.1) is 0 Å². The first-order valence-corrected chi connectivity index (χ1v) is 8.34. The molecule has 3 rings (SSSR count). The second-order valence-electron chi connectivity index (χ2n) is 5.41. The Hall–Kier alpha value is -3.26. The maximum absolute atomic E-state index is 5.94. The van der Waals surface area contributed by atoms with Crippen LogP contribution in [0.2, 0.25) is 5.02 Å². The van der Waals surface area contributed by atoms with E-state index in [2.05, 4.69) is 20.4 Å². The first-order chi connectivity index (χ1) is 13.1. The predicted molar refractivity (Wildman–Crippen MR) is 103 cm³/mol. The molecule has 0 saturated carbocycles. The van der Waals surface area contributed by atoms with E-state index in [4.69, 9.17) is 31.3 Å². The number of benzene rings is 2. The van der Waals surface area contributed by atoms with Crippen LogP contribution in [0.3, 0.4) is 0 Å². The molecule has 0 aliphatic heterocycles. The van der Waals surface area contributed by atoms with Crippen molar-refractivity contribution in [2.45, 2.75) is 6.54 Å². The number of methoxy groups -OCH3 is 2. The molecule has 0 spiro atoms. The lowest BCUT2D eigenvalue weighted by Gasteiger charge is -2.11. The van der Waals surface area contributed by atoms with E-state index < -0.39 is 0 Å². The predicted octanol–water partition coefficient (Wildman–Crippen LogP) is 3.33. The summed E-state index contributed by atoms with van der Waals surface area (Å²) in [6, 6.07) is 12.4. The maximum atomic E-state index is 5.94. The molecule has 1 aromatic heterocycles. The van der Waals surface area contributed by atoms with Crippen molar-refractivity contribution in [3.05, 3.63) is 53.4 Å². The summed E-state index contributed by atoms with van der Waals surface area (Å²) >= 11 is 5.88. The van der Waals surface area contributed by atoms with Gasteiger partial charge in [-0.2, -0.15) is 4.98 Å². The molecule has 0 saturated heterocycles. The van der Waals surface area contributed by atoms with E-state index in [1.165, 1.54) is 0 Å². The Bertz CT molecular complexity index is 940. The lowest BCUT2D eigenvalue weighted by atomic mass is 10.2. The number of aliphatic imine (C=N–C) groups is 1. The Labute approximate surface area is 161 Å². The Morgan fingerprint density at radius 2 is 1.96 bits per heavy atom. The highest BCUT2D eigenvalue weighted by Gasteiger charge is 2.09. The van der Waals surface area contributed by atoms with Crippen LogP contribution in [-0.4, -0.2) is 30.3 Å². The summed E-state index contributed by atoms with van der Waals surface area (Å²) < 4.78 is 15.7. The van der Waals surface area contributed by atoms with E-state index in [0.29, 0.717) is 33.9 Å². The van der Waals surface area contributed by atoms with E-state index in [-0.39, 0.29) is 12.5 Å². The van der Waals surface area contributed by atoms with Crippen molar-refractivity contribution in [3.8, 4) is 22.9 Å². The molecule has 0 aliphatic rings. The van der Waals surface area contributed by atoms with Crippen LogP contribution in [0.5, 0.6) is 11.5 Å². The van der Waals surface area contributed by atoms with Gasteiger partial charge in [-0.15, -0.1) is 0 Å². The Morgan fingerprint density at radius 1 is 1.19 bits per heavy atom. The monoisotopic (exact) mass is 387 g/mol. The summed E-state index contributed by atoms with van der Waals surface area (Å²) in [6.07, 6.45) is 0. The standard InChI is InChI=1S/C18H18ClN5O3/c1-25-13-7-8-15(26-2)14(9-13)22-18(20)21-10-16-23-17(24-27-16)11-3-5-12(19)6-4-11/h3-9H,10H2,1-2H3,(H3,20,21,22). The summed E-state index contributed by atoms with van der Waals surface area (Å²) in [5, 5.41) is 7.54. The van der Waals surface area contributed by atoms with Crippen LogP contribution in [0.4, 0.5) is 5.69 Å². The minimum absolute atomic E-state index is 0.131. The molecule has 0 atom stereocenters. The van der Waals surface area contributed by atoms with Crippen molar-refractivity contribution in [3.63, 3.8) is 0 Å². The fourth-order valence-electron chi connectivity index (χ4n) is 2.28. The lowest BCUT2D eigenvalue weighted by molar-refractivity contribution is 0.381. The molecule has 9 heteroatoms. The van der Waals surface area contributed by atoms with E-state index in [1.54, 1.807) is 44.6 Å². The average molecular weight is 388 g/mol. The molecule has 2 aromatic carbocycles. The average Bonchev–Trinajstić information content (AvgIpc) is 3.16. The molecule has 0 aliphatic carbocycles. The second-order valence-corrected chi connectivity index (χ2v) is 5.85. The van der Waals surface area contributed by atoms with Gasteiger partial charge in [-0.25, -0.2) is 4.99 Å². The van der Waals surface area contributed by atoms with Crippen LogP contribution in [0.1, 0.15) is 5.89 Å². The number of anilines is 1. The number of hydrogen-bond acceptors (Lipinski definition) is 6. The Balaban J connectivity index is 1.68. The third kappa shape index (κ3) is 4.68. The normalized spacial score (nSPS) is 11.3. The summed E-state index contributed by atoms with van der Waals surface area (Å²) in [7, 11) is 3.15. The largest absolute Gasteiger partial charge is 0.497 e. The first-order valence-electron chi connectivity index (χ1n) is 7.96. The van der Waals surface area contributed by atoms with Gasteiger partial charge in [0.1, 0.15) is 18.0 Å². The zero-order chi connectivity index (χ0) is 19.2. The molecule has 3 aromatic rings. The Morgan fingerprint density at radius 3 is 2.67 bits per heavy atom. The van der Waals surface area contributed by atoms with E-state index in [0.717, 1.165) is 5.56 Å². The third-order valence-corrected chi connectivity index (χ3v) is 3.88. The molecule has 0 amide bonds. The van der Waals surface area contributed by atoms with Crippen molar-refractivity contribution in [1.82, 2.24) is 10.1 Å². The molecule has 27 heavy (non-hydrogen) atoms. The number of halogens is 1. The van der Waals surface area contributed by atoms with Crippen LogP contribution in [0.15, 0.2) is 52.0 Å². The molecule has 3 N–H and O–H groups in total. The summed E-state index contributed by atoms with van der Waals surface area (Å²) in [4.78, 5) is 8.51. The molecule has 0 unspecified atom stereocenters. The highest BCUT2D eigenvalue weighted by molar-refractivity contribution is 6.30. The molecule has 140 valence electrons. The van der Waals surface area contributed by atoms with Crippen LogP contribution in [0.25, 0.3) is 11.4 Å². The molecular formula is C18H18ClN5O3. The van der Waals surface area contributed by atoms with Gasteiger partial charge >= 0.3 is 0 Å². The number of hydrogen-bond donors (Lipinski definition) is 2. The highest BCUT2D eigenvalue weighted by Crippen LogP contribution is 2.28. The summed E-state index contributed by atoms with van der Waals surface area (Å²) in [5.74, 6) is 2.24. The third-order valence-electron chi connectivity index (χ3n) is 3.62. The fourth-order valence-corrected chi connectivity index (χ4v) is 2.40. The quantitative estimate of drug-likeness (QED) is 0.493. The SMILES string of the molecule is COc1ccc(OC)c(NC(N)=NCc2nc(-c3ccc(Cl)cc3)no2)c1. The molecular weight excluding hydrogens is 370 g/mol. The van der Waals surface area contributed by atoms with Gasteiger partial charge in [0.05, 0.1) is 19.9 Å². The number of aromatic nitrogens is 2. The smallest absolute Gasteiger partial charge is 0.248 e. The van der Waals surface area contributed by atoms with Gasteiger partial charge in [0.2, 0.25) is 11.7 Å². The number of guanidine groups is 1. The van der Waals surface area contributed by atoms with Crippen molar-refractivity contribution in [2.75, 3.05) is 19.5 Å². The number of nitrogens with zero attached hydrogens (tertiary/aromatic N) is 3. The zero-order valence-corrected chi connectivity index (χ0v) is 15.5. The lowest BCUT2D eigenvalue weighted by Crippen LogP contribution is -2.23. The van der Waals surface area contributed by atoms with Gasteiger partial charge < -0.3 is 25.0 Å². The van der Waals surface area contributed by atoms with Gasteiger partial charge in [0, 0.05) is 16.7 Å². The van der Waals surface area contributed by atoms with Crippen LogP contribution >= 0.6 is 11.6 Å². The zero-order valence-electron chi connectivity index (χ0n) is 14.8. The van der Waals surface area contributed by atoms with Gasteiger partial charge in [-0.1, -0.05) is 16.8 Å². The number of nitrogens with one attached hydrogen (secondary N) is 1. The van der Waals surface area contributed by atoms with Crippen molar-refractivity contribution in [2.24, 2.45) is 10.7 Å². The minimum atomic E-state index is 0.131. The second kappa shape index (κ2) is 8.41. The van der Waals surface area contributed by atoms with Crippen LogP contribution < -0.4 is 20.5 Å². The van der Waals surface area contributed by atoms with Gasteiger partial charge in [-0.3, -0.25) is 0 Å². The number of rotatable bonds is 6. The topological polar surface area (TPSA) is 108 Å². The molecule has 0 bridgehead atoms. The molecule has 8 nitrogen and oxygen atoms in total. The van der Waals surface area contributed by atoms with Crippen LogP contribution in [-0.2, 0) is 6.54 Å². The highest BCUT2D eigenvalue weighted by atomic mass is 35.5. The van der Waals surface area contributed by atoms with E-state index >= 15 is 0 Å². The van der Waals surface area contributed by atoms with E-state index in [9.17, 15) is 0 Å². The van der Waals surface area contributed by atoms with Crippen molar-refractivity contribution in [1.29, 1.82) is 0 Å². The van der Waals surface area contributed by atoms with Gasteiger partial charge in [0.25, 0.3) is 0 Å². The van der Waals surface area contributed by atoms with Gasteiger partial charge in [0.15, 0.2) is 5.96 Å². The van der Waals surface area contributed by atoms with Gasteiger partial charge in [-0.05, 0) is 36.4 Å². The van der Waals surface area contributed by atoms with Crippen molar-refractivity contribution < 1.29 is 14.0 Å². The first kappa shape index (κ1) is 18.5. The summed E-state index contributed by atoms with van der Waals surface area (Å²) in [5.41, 5.74) is 7.37. The number of nitrogens with two attached hydrogens (primary N) is 1. The number of ether oxygens (including phenoxy) is 2. The summed E-state index contributed by atoms with van der Waals surface area (Å²) in [6.45, 7) is 0.131. The van der Waals surface area contributed by atoms with Crippen molar-refractivity contribution >= 4 is 23.2 Å². The molecule has 1 heterocycles. The fraction of sp³-hybridized carbons (Fsp3) is 0.167. The van der Waals surface area contributed by atoms with E-state index in [1.807, 2.05) is 12.1 Å².